The van der Waals surface area contributed by atoms with Crippen LogP contribution in [0.5, 0.6) is 11.5 Å². The van der Waals surface area contributed by atoms with E-state index < -0.39 is 36.3 Å². The number of ketones is 1. The molecule has 2 heterocycles. The van der Waals surface area contributed by atoms with Gasteiger partial charge >= 0.3 is 13.1 Å². The number of ether oxygens (including phenoxy) is 3. The monoisotopic (exact) mass is 610 g/mol. The molecule has 12 heteroatoms. The highest BCUT2D eigenvalue weighted by atomic mass is 16.6. The maximum atomic E-state index is 13.3. The Morgan fingerprint density at radius 1 is 1.30 bits per heavy atom. The second kappa shape index (κ2) is 12.8. The molecule has 2 aliphatic heterocycles. The van der Waals surface area contributed by atoms with E-state index in [0.717, 1.165) is 30.5 Å². The van der Waals surface area contributed by atoms with Gasteiger partial charge in [0, 0.05) is 43.8 Å². The molecule has 1 amide bonds. The van der Waals surface area contributed by atoms with Crippen molar-refractivity contribution < 1.29 is 33.9 Å². The van der Waals surface area contributed by atoms with Crippen molar-refractivity contribution in [1.82, 2.24) is 15.0 Å². The highest BCUT2D eigenvalue weighted by molar-refractivity contribution is 6.46. The van der Waals surface area contributed by atoms with Crippen LogP contribution in [-0.2, 0) is 21.4 Å². The Morgan fingerprint density at radius 2 is 2.07 bits per heavy atom. The largest absolute Gasteiger partial charge is 0.493 e. The summed E-state index contributed by atoms with van der Waals surface area (Å²) in [5, 5.41) is 32.7. The summed E-state index contributed by atoms with van der Waals surface area (Å²) in [6.45, 7) is 4.47. The van der Waals surface area contributed by atoms with E-state index in [4.69, 9.17) is 19.6 Å². The molecule has 5 atom stereocenters. The van der Waals surface area contributed by atoms with Crippen LogP contribution >= 0.6 is 0 Å². The Hall–Kier alpha value is -2.93. The number of likely N-dealkylation sites (N-methyl/N-ethyl adjacent to an activating group) is 1. The van der Waals surface area contributed by atoms with Crippen molar-refractivity contribution >= 4 is 24.6 Å². The fraction of sp³-hybridized carbons (Fsp3) is 0.656. The van der Waals surface area contributed by atoms with Gasteiger partial charge < -0.3 is 44.8 Å². The van der Waals surface area contributed by atoms with Crippen LogP contribution in [0.25, 0.3) is 0 Å². The van der Waals surface area contributed by atoms with E-state index in [9.17, 15) is 19.7 Å². The van der Waals surface area contributed by atoms with E-state index in [2.05, 4.69) is 23.2 Å². The summed E-state index contributed by atoms with van der Waals surface area (Å²) in [4.78, 5) is 30.0. The standard InChI is InChI=1S/C32H47BN4O7/c1-20(34)9-6-7-10-22(35-33(2)41)23(38)11-8-17-37(4)30(39)43-25-14-15-32(40)26-19-21-12-13-24(42-5)28-27(21)31(32,29(25)44-28)16-18-36(26)3/h12-14,22,26,29,34-35,40-41H,6-11,15-19H2,1-5H3/t22-,26+,29?,31-,32?/m0/s1. The van der Waals surface area contributed by atoms with Gasteiger partial charge in [-0.2, -0.15) is 0 Å². The van der Waals surface area contributed by atoms with Gasteiger partial charge in [0.1, 0.15) is 11.5 Å². The number of rotatable bonds is 14. The summed E-state index contributed by atoms with van der Waals surface area (Å²) in [5.74, 6) is 1.62. The van der Waals surface area contributed by atoms with Crippen molar-refractivity contribution in [2.24, 2.45) is 0 Å². The second-order valence-corrected chi connectivity index (χ2v) is 13.1. The quantitative estimate of drug-likeness (QED) is 0.142. The number of nitrogens with one attached hydrogen (secondary N) is 2. The van der Waals surface area contributed by atoms with Gasteiger partial charge in [-0.25, -0.2) is 4.79 Å². The summed E-state index contributed by atoms with van der Waals surface area (Å²) in [7, 11) is 4.49. The number of unbranched alkanes of at least 4 members (excludes halogenated alkanes) is 1. The Kier molecular flexibility index (Phi) is 9.46. The number of piperidine rings is 1. The number of methoxy groups -OCH3 is 1. The highest BCUT2D eigenvalue weighted by Crippen LogP contribution is 2.65. The molecule has 240 valence electrons. The van der Waals surface area contributed by atoms with Gasteiger partial charge in [0.25, 0.3) is 0 Å². The first-order chi connectivity index (χ1) is 20.9. The predicted molar refractivity (Wildman–Crippen MR) is 167 cm³/mol. The number of likely N-dealkylation sites (tertiary alicyclic amines) is 1. The van der Waals surface area contributed by atoms with Gasteiger partial charge in [-0.15, -0.1) is 0 Å². The van der Waals surface area contributed by atoms with E-state index in [1.807, 2.05) is 6.07 Å². The number of benzene rings is 1. The number of Topliss-reactive ketones (excluding diaryl/α,β-unsaturated/α-hetero) is 1. The molecule has 1 fully saturated rings. The molecule has 2 bridgehead atoms. The summed E-state index contributed by atoms with van der Waals surface area (Å²) >= 11 is 0. The molecule has 11 nitrogen and oxygen atoms in total. The third-order valence-electron chi connectivity index (χ3n) is 10.1. The van der Waals surface area contributed by atoms with Crippen LogP contribution < -0.4 is 14.7 Å². The molecule has 0 aromatic heterocycles. The lowest BCUT2D eigenvalue weighted by Gasteiger charge is -2.61. The minimum absolute atomic E-state index is 0.0105. The molecule has 44 heavy (non-hydrogen) atoms. The SMILES string of the molecule is COc1ccc2c3c1OC1C(OC(=O)N(C)CCCC(=O)[C@H](CCCCC(C)=N)NB(C)O)=CCC4(O)[C@@H](C2)N(C)CC[C@]314. The third kappa shape index (κ3) is 5.66. The summed E-state index contributed by atoms with van der Waals surface area (Å²) in [6, 6.07) is 3.41. The fourth-order valence-electron chi connectivity index (χ4n) is 7.89. The first-order valence-corrected chi connectivity index (χ1v) is 15.9. The maximum Gasteiger partial charge on any atom is 0.414 e. The molecular weight excluding hydrogens is 563 g/mol. The Labute approximate surface area is 260 Å². The van der Waals surface area contributed by atoms with Crippen LogP contribution in [0, 0.1) is 5.41 Å². The van der Waals surface area contributed by atoms with Crippen LogP contribution in [0.2, 0.25) is 6.82 Å². The minimum Gasteiger partial charge on any atom is -0.493 e. The molecule has 4 aliphatic rings. The van der Waals surface area contributed by atoms with E-state index >= 15 is 0 Å². The molecule has 1 saturated heterocycles. The smallest absolute Gasteiger partial charge is 0.414 e. The number of carbonyl (C=O) groups is 2. The van der Waals surface area contributed by atoms with Gasteiger partial charge in [0.2, 0.25) is 0 Å². The van der Waals surface area contributed by atoms with Gasteiger partial charge in [-0.3, -0.25) is 4.79 Å². The molecule has 0 saturated carbocycles. The molecule has 5 rings (SSSR count). The first-order valence-electron chi connectivity index (χ1n) is 15.9. The van der Waals surface area contributed by atoms with E-state index in [-0.39, 0.29) is 18.2 Å². The van der Waals surface area contributed by atoms with Gasteiger partial charge in [0.15, 0.2) is 17.6 Å². The molecule has 4 N–H and O–H groups in total. The highest BCUT2D eigenvalue weighted by Gasteiger charge is 2.72. The Balaban J connectivity index is 1.24. The average Bonchev–Trinajstić information content (AvgIpc) is 3.33. The minimum atomic E-state index is -1.08. The van der Waals surface area contributed by atoms with E-state index in [1.165, 1.54) is 4.90 Å². The topological polar surface area (TPSA) is 145 Å². The average molecular weight is 611 g/mol. The molecule has 2 aliphatic carbocycles. The molecule has 1 aromatic rings. The van der Waals surface area contributed by atoms with Gasteiger partial charge in [-0.1, -0.05) is 12.5 Å². The van der Waals surface area contributed by atoms with Crippen LogP contribution in [0.1, 0.15) is 69.4 Å². The van der Waals surface area contributed by atoms with Crippen molar-refractivity contribution in [2.45, 2.75) is 101 Å². The lowest BCUT2D eigenvalue weighted by Crippen LogP contribution is -2.74. The summed E-state index contributed by atoms with van der Waals surface area (Å²) in [6.07, 6.45) is 5.90. The lowest BCUT2D eigenvalue weighted by atomic mass is 9.50. The van der Waals surface area contributed by atoms with Gasteiger partial charge in [-0.05, 0) is 83.6 Å². The zero-order valence-electron chi connectivity index (χ0n) is 26.6. The zero-order valence-corrected chi connectivity index (χ0v) is 26.6. The first kappa shape index (κ1) is 32.5. The van der Waals surface area contributed by atoms with Crippen LogP contribution in [0.15, 0.2) is 24.0 Å². The van der Waals surface area contributed by atoms with E-state index in [0.29, 0.717) is 68.0 Å². The fourth-order valence-corrected chi connectivity index (χ4v) is 7.89. The number of hydrogen-bond acceptors (Lipinski definition) is 10. The molecule has 1 spiro atoms. The number of aliphatic hydroxyl groups is 1. The second-order valence-electron chi connectivity index (χ2n) is 13.1. The maximum absolute atomic E-state index is 13.3. The molecule has 1 aromatic carbocycles. The van der Waals surface area contributed by atoms with Gasteiger partial charge in [0.05, 0.1) is 24.2 Å². The Bertz CT molecular complexity index is 1320. The van der Waals surface area contributed by atoms with Crippen LogP contribution in [0.4, 0.5) is 4.79 Å². The van der Waals surface area contributed by atoms with Crippen LogP contribution in [-0.4, -0.2) is 103 Å². The summed E-state index contributed by atoms with van der Waals surface area (Å²) < 4.78 is 18.2. The van der Waals surface area contributed by atoms with E-state index in [1.54, 1.807) is 34.0 Å². The number of hydrogen-bond donors (Lipinski definition) is 4. The molecular formula is C32H47BN4O7. The third-order valence-corrected chi connectivity index (χ3v) is 10.1. The Morgan fingerprint density at radius 3 is 2.77 bits per heavy atom. The van der Waals surface area contributed by atoms with Crippen molar-refractivity contribution in [3.05, 3.63) is 35.1 Å². The number of amides is 1. The number of nitrogens with zero attached hydrogens (tertiary/aromatic N) is 2. The predicted octanol–water partition coefficient (Wildman–Crippen LogP) is 3.06. The van der Waals surface area contributed by atoms with Crippen molar-refractivity contribution in [3.63, 3.8) is 0 Å². The van der Waals surface area contributed by atoms with Crippen molar-refractivity contribution in [3.8, 4) is 11.5 Å². The normalized spacial score (nSPS) is 27.0. The number of carbonyl (C=O) groups excluding carboxylic acids is 2. The summed E-state index contributed by atoms with van der Waals surface area (Å²) in [5.41, 5.74) is 0.906. The van der Waals surface area contributed by atoms with Crippen LogP contribution in [0.3, 0.4) is 0 Å². The van der Waals surface area contributed by atoms with Crippen molar-refractivity contribution in [2.75, 3.05) is 34.3 Å². The molecule has 0 radical (unpaired) electrons. The van der Waals surface area contributed by atoms with Crippen molar-refractivity contribution in [1.29, 1.82) is 5.41 Å². The molecule has 2 unspecified atom stereocenters. The zero-order chi connectivity index (χ0) is 31.8. The lowest BCUT2D eigenvalue weighted by molar-refractivity contribution is -0.163.